The Morgan fingerprint density at radius 2 is 1.57 bits per heavy atom. The molecule has 2 amide bonds. The molecule has 0 saturated carbocycles. The lowest BCUT2D eigenvalue weighted by Gasteiger charge is -2.10. The number of aromatic nitrogens is 5. The Balaban J connectivity index is 1.64. The molecule has 0 unspecified atom stereocenters. The molecular formula is C25H25N7O2S. The van der Waals surface area contributed by atoms with Crippen molar-refractivity contribution in [2.45, 2.75) is 38.6 Å². The monoisotopic (exact) mass is 487 g/mol. The minimum absolute atomic E-state index is 0.192. The minimum atomic E-state index is -0.403. The zero-order valence-electron chi connectivity index (χ0n) is 19.9. The molecule has 35 heavy (non-hydrogen) atoms. The fourth-order valence-corrected chi connectivity index (χ4v) is 4.40. The van der Waals surface area contributed by atoms with Gasteiger partial charge in [0, 0.05) is 35.4 Å². The number of anilines is 2. The van der Waals surface area contributed by atoms with Crippen molar-refractivity contribution >= 4 is 35.0 Å². The Kier molecular flexibility index (Phi) is 7.21. The normalized spacial score (nSPS) is 10.7. The van der Waals surface area contributed by atoms with Gasteiger partial charge in [-0.15, -0.1) is 5.10 Å². The molecule has 0 aliphatic heterocycles. The van der Waals surface area contributed by atoms with Crippen LogP contribution < -0.4 is 10.6 Å². The van der Waals surface area contributed by atoms with Crippen molar-refractivity contribution in [2.24, 2.45) is 0 Å². The summed E-state index contributed by atoms with van der Waals surface area (Å²) in [7, 11) is 0. The van der Waals surface area contributed by atoms with Gasteiger partial charge in [0.2, 0.25) is 5.91 Å². The predicted octanol–water partition coefficient (Wildman–Crippen LogP) is 4.49. The van der Waals surface area contributed by atoms with E-state index in [1.54, 1.807) is 28.9 Å². The van der Waals surface area contributed by atoms with Gasteiger partial charge in [-0.25, -0.2) is 14.6 Å². The third-order valence-corrected chi connectivity index (χ3v) is 5.86. The zero-order valence-corrected chi connectivity index (χ0v) is 20.7. The van der Waals surface area contributed by atoms with E-state index < -0.39 is 5.91 Å². The Labute approximate surface area is 207 Å². The highest BCUT2D eigenvalue weighted by atomic mass is 32.2. The van der Waals surface area contributed by atoms with Crippen molar-refractivity contribution in [3.63, 3.8) is 0 Å². The van der Waals surface area contributed by atoms with Gasteiger partial charge in [-0.1, -0.05) is 40.7 Å². The first-order chi connectivity index (χ1) is 16.8. The molecule has 10 heteroatoms. The number of carbonyl (C=O) groups excluding carboxylic acids is 2. The number of rotatable bonds is 7. The van der Waals surface area contributed by atoms with Gasteiger partial charge in [0.05, 0.1) is 11.4 Å². The number of hydrogen-bond donors (Lipinski definition) is 2. The van der Waals surface area contributed by atoms with Crippen LogP contribution in [0.1, 0.15) is 40.1 Å². The van der Waals surface area contributed by atoms with Crippen LogP contribution in [-0.4, -0.2) is 36.8 Å². The summed E-state index contributed by atoms with van der Waals surface area (Å²) in [6.45, 7) is 7.28. The topological polar surface area (TPSA) is 115 Å². The quantitative estimate of drug-likeness (QED) is 0.292. The first-order valence-electron chi connectivity index (χ1n) is 10.9. The van der Waals surface area contributed by atoms with Crippen molar-refractivity contribution in [1.29, 1.82) is 0 Å². The van der Waals surface area contributed by atoms with Crippen LogP contribution in [-0.2, 0) is 10.5 Å². The van der Waals surface area contributed by atoms with E-state index in [1.165, 1.54) is 18.7 Å². The van der Waals surface area contributed by atoms with E-state index in [0.717, 1.165) is 22.6 Å². The number of carbonyl (C=O) groups is 2. The molecule has 4 rings (SSSR count). The highest BCUT2D eigenvalue weighted by molar-refractivity contribution is 7.98. The fraction of sp³-hybridized carbons (Fsp3) is 0.200. The number of amides is 2. The Morgan fingerprint density at radius 3 is 2.23 bits per heavy atom. The number of nitrogens with zero attached hydrogens (tertiary/aromatic N) is 5. The van der Waals surface area contributed by atoms with E-state index in [-0.39, 0.29) is 11.6 Å². The highest BCUT2D eigenvalue weighted by Gasteiger charge is 2.22. The van der Waals surface area contributed by atoms with Crippen LogP contribution in [0.4, 0.5) is 11.4 Å². The van der Waals surface area contributed by atoms with E-state index in [1.807, 2.05) is 51.1 Å². The van der Waals surface area contributed by atoms with Crippen molar-refractivity contribution < 1.29 is 9.59 Å². The Morgan fingerprint density at radius 1 is 0.914 bits per heavy atom. The summed E-state index contributed by atoms with van der Waals surface area (Å²) in [5.74, 6) is -0.207. The van der Waals surface area contributed by atoms with Gasteiger partial charge < -0.3 is 10.6 Å². The molecule has 0 radical (unpaired) electrons. The molecule has 2 aromatic heterocycles. The smallest absolute Gasteiger partial charge is 0.278 e. The standard InChI is InChI=1S/C25H25N7O2S/c1-15-8-10-21(11-9-15)32-22(14-35-25-26-16(2)12-17(3)27-25)23(30-31-32)24(34)29-20-7-5-6-19(13-20)28-18(4)33/h5-13H,14H2,1-4H3,(H,28,33)(H,29,34). The maximum absolute atomic E-state index is 13.2. The summed E-state index contributed by atoms with van der Waals surface area (Å²) in [5.41, 5.74) is 5.61. The molecule has 0 aliphatic rings. The summed E-state index contributed by atoms with van der Waals surface area (Å²) in [4.78, 5) is 33.6. The Hall–Kier alpha value is -4.05. The fourth-order valence-electron chi connectivity index (χ4n) is 3.46. The number of nitrogens with one attached hydrogen (secondary N) is 2. The lowest BCUT2D eigenvalue weighted by atomic mass is 10.2. The van der Waals surface area contributed by atoms with Gasteiger partial charge >= 0.3 is 0 Å². The molecule has 0 saturated heterocycles. The van der Waals surface area contributed by atoms with Crippen molar-refractivity contribution in [1.82, 2.24) is 25.0 Å². The van der Waals surface area contributed by atoms with Gasteiger partial charge in [0.1, 0.15) is 0 Å². The average molecular weight is 488 g/mol. The number of hydrogen-bond acceptors (Lipinski definition) is 7. The van der Waals surface area contributed by atoms with Gasteiger partial charge in [0.15, 0.2) is 10.9 Å². The number of thioether (sulfide) groups is 1. The van der Waals surface area contributed by atoms with Crippen LogP contribution in [0.2, 0.25) is 0 Å². The van der Waals surface area contributed by atoms with Crippen LogP contribution in [0, 0.1) is 20.8 Å². The predicted molar refractivity (Wildman–Crippen MR) is 136 cm³/mol. The molecule has 178 valence electrons. The minimum Gasteiger partial charge on any atom is -0.326 e. The third-order valence-electron chi connectivity index (χ3n) is 5.00. The van der Waals surface area contributed by atoms with Crippen LogP contribution in [0.5, 0.6) is 0 Å². The van der Waals surface area contributed by atoms with Crippen LogP contribution in [0.25, 0.3) is 5.69 Å². The molecule has 0 bridgehead atoms. The van der Waals surface area contributed by atoms with E-state index in [9.17, 15) is 9.59 Å². The average Bonchev–Trinajstić information content (AvgIpc) is 3.21. The van der Waals surface area contributed by atoms with Crippen LogP contribution in [0.15, 0.2) is 59.8 Å². The molecule has 4 aromatic rings. The van der Waals surface area contributed by atoms with Gasteiger partial charge in [-0.3, -0.25) is 9.59 Å². The van der Waals surface area contributed by atoms with E-state index in [0.29, 0.717) is 28.0 Å². The third kappa shape index (κ3) is 6.10. The van der Waals surface area contributed by atoms with Crippen molar-refractivity contribution in [2.75, 3.05) is 10.6 Å². The molecule has 2 aromatic carbocycles. The molecule has 2 heterocycles. The van der Waals surface area contributed by atoms with Gasteiger partial charge in [0.25, 0.3) is 5.91 Å². The second-order valence-corrected chi connectivity index (χ2v) is 9.01. The second kappa shape index (κ2) is 10.5. The molecule has 9 nitrogen and oxygen atoms in total. The molecule has 0 spiro atoms. The lowest BCUT2D eigenvalue weighted by molar-refractivity contribution is -0.114. The first kappa shape index (κ1) is 24.1. The largest absolute Gasteiger partial charge is 0.326 e. The summed E-state index contributed by atoms with van der Waals surface area (Å²) in [6, 6.07) is 16.7. The first-order valence-corrected chi connectivity index (χ1v) is 11.9. The molecule has 0 aliphatic carbocycles. The highest BCUT2D eigenvalue weighted by Crippen LogP contribution is 2.25. The Bertz CT molecular complexity index is 1360. The van der Waals surface area contributed by atoms with Gasteiger partial charge in [-0.05, 0) is 57.2 Å². The van der Waals surface area contributed by atoms with E-state index in [2.05, 4.69) is 30.9 Å². The van der Waals surface area contributed by atoms with Crippen LogP contribution in [0.3, 0.4) is 0 Å². The van der Waals surface area contributed by atoms with Crippen molar-refractivity contribution in [3.05, 3.63) is 82.9 Å². The summed E-state index contributed by atoms with van der Waals surface area (Å²) in [6.07, 6.45) is 0. The summed E-state index contributed by atoms with van der Waals surface area (Å²) >= 11 is 1.42. The SMILES string of the molecule is CC(=O)Nc1cccc(NC(=O)c2nnn(-c3ccc(C)cc3)c2CSc2nc(C)cc(C)n2)c1. The maximum Gasteiger partial charge on any atom is 0.278 e. The van der Waals surface area contributed by atoms with Crippen LogP contribution >= 0.6 is 11.8 Å². The number of aryl methyl sites for hydroxylation is 3. The van der Waals surface area contributed by atoms with Gasteiger partial charge in [-0.2, -0.15) is 0 Å². The molecular weight excluding hydrogens is 462 g/mol. The zero-order chi connectivity index (χ0) is 24.9. The van der Waals surface area contributed by atoms with E-state index >= 15 is 0 Å². The molecule has 0 fully saturated rings. The molecule has 0 atom stereocenters. The lowest BCUT2D eigenvalue weighted by Crippen LogP contribution is -2.15. The summed E-state index contributed by atoms with van der Waals surface area (Å²) < 4.78 is 1.66. The summed E-state index contributed by atoms with van der Waals surface area (Å²) in [5, 5.41) is 14.7. The molecule has 2 N–H and O–H groups in total. The maximum atomic E-state index is 13.2. The van der Waals surface area contributed by atoms with Crippen molar-refractivity contribution in [3.8, 4) is 5.69 Å². The second-order valence-electron chi connectivity index (χ2n) is 8.07. The van der Waals surface area contributed by atoms with E-state index in [4.69, 9.17) is 0 Å². The number of benzene rings is 2.